The van der Waals surface area contributed by atoms with Gasteiger partial charge in [-0.05, 0) is 46.6 Å². The molecule has 1 fully saturated rings. The highest BCUT2D eigenvalue weighted by Gasteiger charge is 2.47. The number of halogens is 5. The summed E-state index contributed by atoms with van der Waals surface area (Å²) in [5, 5.41) is 2.48. The van der Waals surface area contributed by atoms with E-state index in [0.717, 1.165) is 11.1 Å². The Kier molecular flexibility index (Phi) is 5.60. The number of rotatable bonds is 7. The highest BCUT2D eigenvalue weighted by molar-refractivity contribution is 9.10. The van der Waals surface area contributed by atoms with Crippen molar-refractivity contribution >= 4 is 27.5 Å². The maximum absolute atomic E-state index is 12.9. The van der Waals surface area contributed by atoms with Crippen molar-refractivity contribution < 1.29 is 27.1 Å². The average Bonchev–Trinajstić information content (AvgIpc) is 2.58. The second kappa shape index (κ2) is 7.65. The summed E-state index contributed by atoms with van der Waals surface area (Å²) in [4.78, 5) is 15.9. The van der Waals surface area contributed by atoms with E-state index in [4.69, 9.17) is 4.74 Å². The van der Waals surface area contributed by atoms with Gasteiger partial charge >= 0.3 is 4.83 Å². The summed E-state index contributed by atoms with van der Waals surface area (Å²) in [5.74, 6) is -3.28. The van der Waals surface area contributed by atoms with Gasteiger partial charge < -0.3 is 10.1 Å². The summed E-state index contributed by atoms with van der Waals surface area (Å²) >= 11 is 2.00. The van der Waals surface area contributed by atoms with Crippen LogP contribution in [0.3, 0.4) is 0 Å². The minimum Gasteiger partial charge on any atom is -0.490 e. The molecule has 1 N–H and O–H groups in total. The van der Waals surface area contributed by atoms with Crippen LogP contribution in [0.4, 0.5) is 23.4 Å². The first kappa shape index (κ1) is 20.5. The van der Waals surface area contributed by atoms with Crippen molar-refractivity contribution in [3.05, 3.63) is 36.2 Å². The first-order valence-corrected chi connectivity index (χ1v) is 9.14. The summed E-state index contributed by atoms with van der Waals surface area (Å²) in [6.07, 6.45) is 1.72. The standard InChI is InChI=1S/C18H16BrF4N3O2/c1-10-4-11(28-12-5-17(20,21)6-12)2-3-13(10)14-7-25-16(9-24-14)26-8-15(27)18(19,22)23/h2-4,7,9,12H,5-6,8H2,1H3,(H,25,26). The van der Waals surface area contributed by atoms with E-state index in [1.165, 1.54) is 12.4 Å². The normalized spacial score (nSPS) is 16.4. The van der Waals surface area contributed by atoms with Crippen LogP contribution >= 0.6 is 15.9 Å². The molecule has 28 heavy (non-hydrogen) atoms. The number of nitrogens with zero attached hydrogens (tertiary/aromatic N) is 2. The number of benzene rings is 1. The third kappa shape index (κ3) is 4.98. The molecule has 10 heteroatoms. The number of alkyl halides is 5. The van der Waals surface area contributed by atoms with E-state index in [1.807, 2.05) is 22.9 Å². The van der Waals surface area contributed by atoms with Gasteiger partial charge in [-0.3, -0.25) is 9.78 Å². The van der Waals surface area contributed by atoms with E-state index in [-0.39, 0.29) is 18.7 Å². The molecule has 3 rings (SSSR count). The number of anilines is 1. The predicted octanol–water partition coefficient (Wildman–Crippen LogP) is 4.60. The lowest BCUT2D eigenvalue weighted by molar-refractivity contribution is -0.134. The lowest BCUT2D eigenvalue weighted by Crippen LogP contribution is -2.43. The molecule has 1 aliphatic carbocycles. The largest absolute Gasteiger partial charge is 0.490 e. The van der Waals surface area contributed by atoms with E-state index < -0.39 is 29.2 Å². The van der Waals surface area contributed by atoms with Gasteiger partial charge in [-0.15, -0.1) is 0 Å². The van der Waals surface area contributed by atoms with Gasteiger partial charge in [-0.2, -0.15) is 8.78 Å². The summed E-state index contributed by atoms with van der Waals surface area (Å²) in [5.41, 5.74) is 2.10. The van der Waals surface area contributed by atoms with Gasteiger partial charge in [0.1, 0.15) is 17.7 Å². The molecule has 1 saturated carbocycles. The Morgan fingerprint density at radius 2 is 2.04 bits per heavy atom. The van der Waals surface area contributed by atoms with Gasteiger partial charge in [-0.1, -0.05) is 0 Å². The molecule has 5 nitrogen and oxygen atoms in total. The molecule has 1 aliphatic rings. The monoisotopic (exact) mass is 461 g/mol. The quantitative estimate of drug-likeness (QED) is 0.482. The summed E-state index contributed by atoms with van der Waals surface area (Å²) in [6.45, 7) is 1.22. The molecule has 0 amide bonds. The van der Waals surface area contributed by atoms with Crippen molar-refractivity contribution in [2.75, 3.05) is 11.9 Å². The zero-order valence-corrected chi connectivity index (χ0v) is 16.3. The van der Waals surface area contributed by atoms with Gasteiger partial charge in [0.05, 0.1) is 24.6 Å². The number of hydrogen-bond donors (Lipinski definition) is 1. The van der Waals surface area contributed by atoms with Crippen molar-refractivity contribution in [3.8, 4) is 17.0 Å². The summed E-state index contributed by atoms with van der Waals surface area (Å²) in [7, 11) is 0. The lowest BCUT2D eigenvalue weighted by Gasteiger charge is -2.34. The Hall–Kier alpha value is -2.23. The van der Waals surface area contributed by atoms with Crippen LogP contribution in [0.5, 0.6) is 5.75 Å². The molecular formula is C18H16BrF4N3O2. The Morgan fingerprint density at radius 3 is 2.57 bits per heavy atom. The van der Waals surface area contributed by atoms with Crippen molar-refractivity contribution in [2.24, 2.45) is 0 Å². The smallest absolute Gasteiger partial charge is 0.360 e. The number of hydrogen-bond acceptors (Lipinski definition) is 5. The average molecular weight is 462 g/mol. The molecule has 0 atom stereocenters. The van der Waals surface area contributed by atoms with Gasteiger partial charge in [-0.25, -0.2) is 13.8 Å². The number of aryl methyl sites for hydroxylation is 1. The second-order valence-electron chi connectivity index (χ2n) is 6.54. The maximum atomic E-state index is 12.9. The highest BCUT2D eigenvalue weighted by Crippen LogP contribution is 2.40. The van der Waals surface area contributed by atoms with Crippen molar-refractivity contribution in [3.63, 3.8) is 0 Å². The van der Waals surface area contributed by atoms with Crippen LogP contribution in [0.25, 0.3) is 11.3 Å². The second-order valence-corrected chi connectivity index (χ2v) is 7.54. The Balaban J connectivity index is 1.63. The van der Waals surface area contributed by atoms with Gasteiger partial charge in [0, 0.05) is 18.4 Å². The van der Waals surface area contributed by atoms with Crippen LogP contribution in [0, 0.1) is 6.92 Å². The van der Waals surface area contributed by atoms with E-state index in [2.05, 4.69) is 15.3 Å². The van der Waals surface area contributed by atoms with Gasteiger partial charge in [0.15, 0.2) is 0 Å². The molecule has 2 aromatic rings. The van der Waals surface area contributed by atoms with Gasteiger partial charge in [0.2, 0.25) is 5.78 Å². The fraction of sp³-hybridized carbons (Fsp3) is 0.389. The minimum atomic E-state index is -3.59. The Morgan fingerprint density at radius 1 is 1.32 bits per heavy atom. The molecule has 0 radical (unpaired) electrons. The first-order chi connectivity index (χ1) is 13.0. The predicted molar refractivity (Wildman–Crippen MR) is 98.2 cm³/mol. The van der Waals surface area contributed by atoms with Crippen LogP contribution < -0.4 is 10.1 Å². The van der Waals surface area contributed by atoms with E-state index >= 15 is 0 Å². The van der Waals surface area contributed by atoms with Gasteiger partial charge in [0.25, 0.3) is 5.92 Å². The SMILES string of the molecule is Cc1cc(OC2CC(F)(F)C2)ccc1-c1cnc(NCC(=O)C(F)(F)Br)cn1. The molecule has 0 aliphatic heterocycles. The number of Topliss-reactive ketones (excluding diaryl/α,β-unsaturated/α-hetero) is 1. The number of carbonyl (C=O) groups excluding carboxylic acids is 1. The minimum absolute atomic E-state index is 0.178. The topological polar surface area (TPSA) is 64.1 Å². The van der Waals surface area contributed by atoms with Crippen LogP contribution in [0.2, 0.25) is 0 Å². The van der Waals surface area contributed by atoms with Crippen molar-refractivity contribution in [2.45, 2.75) is 36.6 Å². The number of ketones is 1. The molecule has 1 aromatic carbocycles. The summed E-state index contributed by atoms with van der Waals surface area (Å²) < 4.78 is 56.8. The van der Waals surface area contributed by atoms with Crippen molar-refractivity contribution in [1.29, 1.82) is 0 Å². The summed E-state index contributed by atoms with van der Waals surface area (Å²) in [6, 6.07) is 5.15. The first-order valence-electron chi connectivity index (χ1n) is 8.35. The van der Waals surface area contributed by atoms with E-state index in [9.17, 15) is 22.4 Å². The fourth-order valence-electron chi connectivity index (χ4n) is 2.71. The van der Waals surface area contributed by atoms with Crippen LogP contribution in [0.1, 0.15) is 18.4 Å². The Labute approximate surface area is 166 Å². The Bertz CT molecular complexity index is 864. The van der Waals surface area contributed by atoms with Crippen LogP contribution in [-0.4, -0.2) is 39.2 Å². The maximum Gasteiger partial charge on any atom is 0.360 e. The third-order valence-electron chi connectivity index (χ3n) is 4.23. The van der Waals surface area contributed by atoms with E-state index in [0.29, 0.717) is 11.4 Å². The molecule has 0 spiro atoms. The van der Waals surface area contributed by atoms with Crippen LogP contribution in [-0.2, 0) is 4.79 Å². The number of nitrogens with one attached hydrogen (secondary N) is 1. The lowest BCUT2D eigenvalue weighted by atomic mass is 9.91. The zero-order chi connectivity index (χ0) is 20.5. The molecule has 150 valence electrons. The molecule has 0 saturated heterocycles. The fourth-order valence-corrected chi connectivity index (χ4v) is 2.85. The molecule has 0 unspecified atom stereocenters. The number of carbonyl (C=O) groups is 1. The molecule has 0 bridgehead atoms. The third-order valence-corrected chi connectivity index (χ3v) is 4.67. The van der Waals surface area contributed by atoms with Crippen molar-refractivity contribution in [1.82, 2.24) is 9.97 Å². The number of ether oxygens (including phenoxy) is 1. The number of aromatic nitrogens is 2. The van der Waals surface area contributed by atoms with Crippen LogP contribution in [0.15, 0.2) is 30.6 Å². The molecule has 1 aromatic heterocycles. The molecular weight excluding hydrogens is 446 g/mol. The zero-order valence-electron chi connectivity index (χ0n) is 14.7. The molecule has 1 heterocycles. The van der Waals surface area contributed by atoms with E-state index in [1.54, 1.807) is 18.2 Å². The highest BCUT2D eigenvalue weighted by atomic mass is 79.9.